The van der Waals surface area contributed by atoms with Gasteiger partial charge in [0.15, 0.2) is 0 Å². The highest BCUT2D eigenvalue weighted by atomic mass is 32.2. The number of benzene rings is 1. The Hall–Kier alpha value is -1.41. The van der Waals surface area contributed by atoms with Crippen LogP contribution in [0.5, 0.6) is 0 Å². The van der Waals surface area contributed by atoms with E-state index in [0.717, 1.165) is 17.3 Å². The van der Waals surface area contributed by atoms with Crippen molar-refractivity contribution in [2.45, 2.75) is 5.25 Å². The second-order valence-corrected chi connectivity index (χ2v) is 6.80. The number of rotatable bonds is 5. The van der Waals surface area contributed by atoms with E-state index in [-0.39, 0.29) is 16.9 Å². The predicted molar refractivity (Wildman–Crippen MR) is 82.1 cm³/mol. The van der Waals surface area contributed by atoms with Crippen molar-refractivity contribution >= 4 is 40.9 Å². The number of hydrogen-bond acceptors (Lipinski definition) is 6. The third-order valence-corrected chi connectivity index (χ3v) is 5.69. The van der Waals surface area contributed by atoms with Gasteiger partial charge in [0.1, 0.15) is 5.69 Å². The minimum absolute atomic E-state index is 0.0452. The first kappa shape index (κ1) is 15.0. The first-order valence-corrected chi connectivity index (χ1v) is 8.23. The van der Waals surface area contributed by atoms with Crippen LogP contribution in [0, 0.1) is 10.1 Å². The number of anilines is 1. The molecule has 1 unspecified atom stereocenters. The predicted octanol–water partition coefficient (Wildman–Crippen LogP) is 2.55. The molecule has 1 aliphatic heterocycles. The Kier molecular flexibility index (Phi) is 5.13. The molecule has 0 radical (unpaired) electrons. The van der Waals surface area contributed by atoms with Crippen LogP contribution in [0.2, 0.25) is 0 Å². The van der Waals surface area contributed by atoms with E-state index >= 15 is 0 Å². The summed E-state index contributed by atoms with van der Waals surface area (Å²) in [5, 5.41) is 23.3. The van der Waals surface area contributed by atoms with E-state index in [1.54, 1.807) is 0 Å². The molecular weight excluding hydrogens is 300 g/mol. The molecular formula is C12H14N2O4S2. The Balaban J connectivity index is 2.12. The molecule has 1 atom stereocenters. The molecule has 0 spiro atoms. The third-order valence-electron chi connectivity index (χ3n) is 2.85. The first-order valence-electron chi connectivity index (χ1n) is 6.03. The molecule has 0 aromatic heterocycles. The van der Waals surface area contributed by atoms with E-state index in [9.17, 15) is 14.9 Å². The lowest BCUT2D eigenvalue weighted by Gasteiger charge is -2.21. The molecule has 0 saturated carbocycles. The number of aromatic carboxylic acids is 1. The zero-order chi connectivity index (χ0) is 14.5. The molecule has 1 aromatic rings. The molecule has 0 aliphatic carbocycles. The van der Waals surface area contributed by atoms with Gasteiger partial charge in [0, 0.05) is 35.1 Å². The number of carbonyl (C=O) groups is 1. The quantitative estimate of drug-likeness (QED) is 0.637. The van der Waals surface area contributed by atoms with Crippen LogP contribution in [0.1, 0.15) is 10.4 Å². The molecule has 20 heavy (non-hydrogen) atoms. The minimum Gasteiger partial charge on any atom is -0.478 e. The summed E-state index contributed by atoms with van der Waals surface area (Å²) >= 11 is 3.71. The summed E-state index contributed by atoms with van der Waals surface area (Å²) < 4.78 is 0. The Morgan fingerprint density at radius 3 is 2.90 bits per heavy atom. The summed E-state index contributed by atoms with van der Waals surface area (Å²) in [7, 11) is 0. The van der Waals surface area contributed by atoms with Crippen LogP contribution in [0.3, 0.4) is 0 Å². The van der Waals surface area contributed by atoms with Crippen LogP contribution in [0.25, 0.3) is 0 Å². The van der Waals surface area contributed by atoms with Crippen molar-refractivity contribution in [2.75, 3.05) is 29.1 Å². The average molecular weight is 314 g/mol. The van der Waals surface area contributed by atoms with E-state index in [1.807, 2.05) is 23.5 Å². The molecule has 1 aromatic carbocycles. The Morgan fingerprint density at radius 1 is 1.50 bits per heavy atom. The van der Waals surface area contributed by atoms with Crippen molar-refractivity contribution in [3.05, 3.63) is 33.9 Å². The fourth-order valence-electron chi connectivity index (χ4n) is 1.85. The van der Waals surface area contributed by atoms with E-state index in [0.29, 0.717) is 11.8 Å². The molecule has 1 fully saturated rings. The van der Waals surface area contributed by atoms with Crippen molar-refractivity contribution in [2.24, 2.45) is 0 Å². The number of carboxylic acids is 1. The fourth-order valence-corrected chi connectivity index (χ4v) is 4.46. The highest BCUT2D eigenvalue weighted by molar-refractivity contribution is 8.06. The van der Waals surface area contributed by atoms with Gasteiger partial charge < -0.3 is 10.4 Å². The number of thioether (sulfide) groups is 2. The zero-order valence-corrected chi connectivity index (χ0v) is 12.2. The second-order valence-electron chi connectivity index (χ2n) is 4.24. The van der Waals surface area contributed by atoms with Crippen LogP contribution < -0.4 is 5.32 Å². The molecule has 2 N–H and O–H groups in total. The highest BCUT2D eigenvalue weighted by Gasteiger charge is 2.19. The number of nitrogens with zero attached hydrogens (tertiary/aromatic N) is 1. The second kappa shape index (κ2) is 6.85. The van der Waals surface area contributed by atoms with Crippen LogP contribution in [-0.2, 0) is 0 Å². The van der Waals surface area contributed by atoms with Crippen LogP contribution in [-0.4, -0.2) is 45.1 Å². The zero-order valence-electron chi connectivity index (χ0n) is 10.6. The molecule has 0 amide bonds. The topological polar surface area (TPSA) is 92.5 Å². The lowest BCUT2D eigenvalue weighted by atomic mass is 10.1. The van der Waals surface area contributed by atoms with Crippen LogP contribution >= 0.6 is 23.5 Å². The standard InChI is InChI=1S/C12H14N2O4S2/c15-12(16)8-1-2-11(14(17)18)10(5-8)13-6-9-7-19-3-4-20-9/h1-2,5,9,13H,3-4,6-7H2,(H,15,16). The van der Waals surface area contributed by atoms with Crippen molar-refractivity contribution in [3.8, 4) is 0 Å². The normalized spacial score (nSPS) is 18.5. The van der Waals surface area contributed by atoms with Gasteiger partial charge in [-0.3, -0.25) is 10.1 Å². The molecule has 108 valence electrons. The first-order chi connectivity index (χ1) is 9.58. The Morgan fingerprint density at radius 2 is 2.30 bits per heavy atom. The average Bonchev–Trinajstić information content (AvgIpc) is 2.45. The molecule has 2 rings (SSSR count). The SMILES string of the molecule is O=C(O)c1ccc([N+](=O)[O-])c(NCC2CSCCS2)c1. The maximum absolute atomic E-state index is 11.0. The maximum atomic E-state index is 11.0. The summed E-state index contributed by atoms with van der Waals surface area (Å²) in [6.45, 7) is 0.599. The summed E-state index contributed by atoms with van der Waals surface area (Å²) in [6.07, 6.45) is 0. The van der Waals surface area contributed by atoms with E-state index in [1.165, 1.54) is 18.2 Å². The van der Waals surface area contributed by atoms with Gasteiger partial charge >= 0.3 is 5.97 Å². The van der Waals surface area contributed by atoms with Crippen LogP contribution in [0.4, 0.5) is 11.4 Å². The summed E-state index contributed by atoms with van der Waals surface area (Å²) in [4.78, 5) is 21.4. The third kappa shape index (κ3) is 3.80. The van der Waals surface area contributed by atoms with Gasteiger partial charge in [0.25, 0.3) is 5.69 Å². The summed E-state index contributed by atoms with van der Waals surface area (Å²) in [5.74, 6) is 2.12. The summed E-state index contributed by atoms with van der Waals surface area (Å²) in [6, 6.07) is 3.80. The summed E-state index contributed by atoms with van der Waals surface area (Å²) in [5.41, 5.74) is 0.221. The number of carboxylic acid groups (broad SMARTS) is 1. The van der Waals surface area contributed by atoms with Crippen LogP contribution in [0.15, 0.2) is 18.2 Å². The molecule has 8 heteroatoms. The Labute approximate surface area is 124 Å². The molecule has 1 saturated heterocycles. The Bertz CT molecular complexity index is 518. The largest absolute Gasteiger partial charge is 0.478 e. The maximum Gasteiger partial charge on any atom is 0.335 e. The van der Waals surface area contributed by atoms with E-state index in [2.05, 4.69) is 5.32 Å². The van der Waals surface area contributed by atoms with Crippen molar-refractivity contribution < 1.29 is 14.8 Å². The van der Waals surface area contributed by atoms with Crippen molar-refractivity contribution in [1.29, 1.82) is 0 Å². The molecule has 1 aliphatic rings. The highest BCUT2D eigenvalue weighted by Crippen LogP contribution is 2.28. The van der Waals surface area contributed by atoms with Gasteiger partial charge in [-0.25, -0.2) is 4.79 Å². The van der Waals surface area contributed by atoms with Crippen molar-refractivity contribution in [1.82, 2.24) is 0 Å². The molecule has 1 heterocycles. The number of nitrogens with one attached hydrogen (secondary N) is 1. The monoisotopic (exact) mass is 314 g/mol. The van der Waals surface area contributed by atoms with E-state index in [4.69, 9.17) is 5.11 Å². The van der Waals surface area contributed by atoms with Gasteiger partial charge in [0.05, 0.1) is 10.5 Å². The van der Waals surface area contributed by atoms with Gasteiger partial charge in [-0.15, -0.1) is 0 Å². The molecule has 0 bridgehead atoms. The van der Waals surface area contributed by atoms with Gasteiger partial charge in [-0.05, 0) is 12.1 Å². The van der Waals surface area contributed by atoms with Gasteiger partial charge in [-0.2, -0.15) is 23.5 Å². The van der Waals surface area contributed by atoms with Gasteiger partial charge in [0.2, 0.25) is 0 Å². The number of nitro groups is 1. The number of hydrogen-bond donors (Lipinski definition) is 2. The van der Waals surface area contributed by atoms with Crippen molar-refractivity contribution in [3.63, 3.8) is 0 Å². The lowest BCUT2D eigenvalue weighted by Crippen LogP contribution is -2.23. The molecule has 6 nitrogen and oxygen atoms in total. The lowest BCUT2D eigenvalue weighted by molar-refractivity contribution is -0.384. The minimum atomic E-state index is -1.09. The number of nitro benzene ring substituents is 1. The van der Waals surface area contributed by atoms with Gasteiger partial charge in [-0.1, -0.05) is 0 Å². The van der Waals surface area contributed by atoms with E-state index < -0.39 is 10.9 Å². The fraction of sp³-hybridized carbons (Fsp3) is 0.417. The smallest absolute Gasteiger partial charge is 0.335 e.